The zero-order valence-electron chi connectivity index (χ0n) is 5.73. The van der Waals surface area contributed by atoms with Crippen molar-refractivity contribution in [1.29, 1.82) is 0 Å². The highest BCUT2D eigenvalue weighted by molar-refractivity contribution is 4.89. The molecule has 0 aromatic heterocycles. The molecule has 0 fully saturated rings. The molecule has 0 atom stereocenters. The molecular formula is C6H14N2. The minimum absolute atomic E-state index is 0.480. The van der Waals surface area contributed by atoms with Gasteiger partial charge in [-0.1, -0.05) is 0 Å². The topological polar surface area (TPSA) is 38.0 Å². The first-order valence-corrected chi connectivity index (χ1v) is 2.81. The summed E-state index contributed by atoms with van der Waals surface area (Å²) in [6, 6.07) is 0.480. The third-order valence-corrected chi connectivity index (χ3v) is 0.644. The lowest BCUT2D eigenvalue weighted by atomic mass is 10.4. The molecule has 0 heterocycles. The lowest BCUT2D eigenvalue weighted by Gasteiger charge is -2.02. The maximum absolute atomic E-state index is 5.34. The summed E-state index contributed by atoms with van der Waals surface area (Å²) in [6.07, 6.45) is 1.81. The van der Waals surface area contributed by atoms with Gasteiger partial charge in [0.2, 0.25) is 0 Å². The highest BCUT2D eigenvalue weighted by Gasteiger charge is 1.83. The van der Waals surface area contributed by atoms with E-state index in [1.54, 1.807) is 0 Å². The van der Waals surface area contributed by atoms with Crippen LogP contribution < -0.4 is 11.1 Å². The Morgan fingerprint density at radius 2 is 2.12 bits per heavy atom. The molecule has 0 radical (unpaired) electrons. The van der Waals surface area contributed by atoms with Crippen molar-refractivity contribution in [3.05, 3.63) is 11.9 Å². The van der Waals surface area contributed by atoms with E-state index >= 15 is 0 Å². The molecule has 0 spiro atoms. The van der Waals surface area contributed by atoms with E-state index in [1.165, 1.54) is 0 Å². The Bertz CT molecular complexity index is 80.5. The van der Waals surface area contributed by atoms with Crippen LogP contribution in [0.2, 0.25) is 0 Å². The number of nitrogens with one attached hydrogen (secondary N) is 1. The Labute approximate surface area is 50.8 Å². The van der Waals surface area contributed by atoms with E-state index in [9.17, 15) is 0 Å². The van der Waals surface area contributed by atoms with Crippen molar-refractivity contribution in [1.82, 2.24) is 5.32 Å². The molecule has 0 aliphatic heterocycles. The summed E-state index contributed by atoms with van der Waals surface area (Å²) in [6.45, 7) is 5.99. The Hall–Kier alpha value is -0.660. The predicted molar refractivity (Wildman–Crippen MR) is 36.2 cm³/mol. The van der Waals surface area contributed by atoms with Crippen molar-refractivity contribution in [3.8, 4) is 0 Å². The summed E-state index contributed by atoms with van der Waals surface area (Å²) in [5.41, 5.74) is 6.16. The van der Waals surface area contributed by atoms with Gasteiger partial charge >= 0.3 is 0 Å². The SMILES string of the molecule is C/C(N)=C/NC(C)C. The molecule has 0 bridgehead atoms. The third kappa shape index (κ3) is 5.34. The van der Waals surface area contributed by atoms with Gasteiger partial charge in [0.1, 0.15) is 0 Å². The molecule has 0 aliphatic rings. The minimum Gasteiger partial charge on any atom is -0.401 e. The molecular weight excluding hydrogens is 100 g/mol. The third-order valence-electron chi connectivity index (χ3n) is 0.644. The van der Waals surface area contributed by atoms with Crippen molar-refractivity contribution < 1.29 is 0 Å². The summed E-state index contributed by atoms with van der Waals surface area (Å²) < 4.78 is 0. The van der Waals surface area contributed by atoms with Crippen LogP contribution in [-0.4, -0.2) is 6.04 Å². The lowest BCUT2D eigenvalue weighted by Crippen LogP contribution is -2.17. The molecule has 2 heteroatoms. The molecule has 0 amide bonds. The zero-order chi connectivity index (χ0) is 6.57. The molecule has 0 aromatic carbocycles. The largest absolute Gasteiger partial charge is 0.401 e. The van der Waals surface area contributed by atoms with Gasteiger partial charge < -0.3 is 11.1 Å². The minimum atomic E-state index is 0.480. The van der Waals surface area contributed by atoms with Gasteiger partial charge in [-0.3, -0.25) is 0 Å². The second-order valence-electron chi connectivity index (χ2n) is 2.21. The second-order valence-corrected chi connectivity index (χ2v) is 2.21. The summed E-state index contributed by atoms with van der Waals surface area (Å²) in [4.78, 5) is 0. The maximum atomic E-state index is 5.34. The number of allylic oxidation sites excluding steroid dienone is 1. The summed E-state index contributed by atoms with van der Waals surface area (Å²) in [5, 5.41) is 3.06. The molecule has 0 saturated carbocycles. The van der Waals surface area contributed by atoms with Crippen LogP contribution in [0.5, 0.6) is 0 Å². The van der Waals surface area contributed by atoms with Crippen molar-refractivity contribution in [3.63, 3.8) is 0 Å². The van der Waals surface area contributed by atoms with Crippen molar-refractivity contribution >= 4 is 0 Å². The smallest absolute Gasteiger partial charge is 0.0208 e. The normalized spacial score (nSPS) is 12.2. The molecule has 8 heavy (non-hydrogen) atoms. The van der Waals surface area contributed by atoms with Gasteiger partial charge in [-0.15, -0.1) is 0 Å². The van der Waals surface area contributed by atoms with E-state index in [0.717, 1.165) is 5.70 Å². The van der Waals surface area contributed by atoms with Gasteiger partial charge in [-0.2, -0.15) is 0 Å². The monoisotopic (exact) mass is 114 g/mol. The van der Waals surface area contributed by atoms with Crippen LogP contribution in [0.1, 0.15) is 20.8 Å². The van der Waals surface area contributed by atoms with Crippen LogP contribution >= 0.6 is 0 Å². The van der Waals surface area contributed by atoms with Crippen molar-refractivity contribution in [2.75, 3.05) is 0 Å². The van der Waals surface area contributed by atoms with Gasteiger partial charge in [-0.05, 0) is 20.8 Å². The molecule has 0 saturated heterocycles. The van der Waals surface area contributed by atoms with Gasteiger partial charge in [0.25, 0.3) is 0 Å². The Balaban J connectivity index is 3.29. The molecule has 0 aliphatic carbocycles. The lowest BCUT2D eigenvalue weighted by molar-refractivity contribution is 0.697. The highest BCUT2D eigenvalue weighted by Crippen LogP contribution is 1.78. The number of rotatable bonds is 2. The standard InChI is InChI=1S/C6H14N2/c1-5(2)8-4-6(3)7/h4-5,8H,7H2,1-3H3/b6-4-. The predicted octanol–water partition coefficient (Wildman–Crippen LogP) is 0.804. The van der Waals surface area contributed by atoms with Crippen LogP contribution in [0.3, 0.4) is 0 Å². The molecule has 2 nitrogen and oxygen atoms in total. The van der Waals surface area contributed by atoms with Crippen molar-refractivity contribution in [2.45, 2.75) is 26.8 Å². The van der Waals surface area contributed by atoms with Crippen LogP contribution in [0.15, 0.2) is 11.9 Å². The van der Waals surface area contributed by atoms with E-state index in [2.05, 4.69) is 19.2 Å². The number of hydrogen-bond acceptors (Lipinski definition) is 2. The van der Waals surface area contributed by atoms with E-state index in [0.29, 0.717) is 6.04 Å². The Morgan fingerprint density at radius 1 is 1.62 bits per heavy atom. The quantitative estimate of drug-likeness (QED) is 0.557. The van der Waals surface area contributed by atoms with Crippen LogP contribution in [0.25, 0.3) is 0 Å². The molecule has 48 valence electrons. The van der Waals surface area contributed by atoms with Gasteiger partial charge in [0, 0.05) is 17.9 Å². The fourth-order valence-corrected chi connectivity index (χ4v) is 0.298. The van der Waals surface area contributed by atoms with Gasteiger partial charge in [0.05, 0.1) is 0 Å². The van der Waals surface area contributed by atoms with E-state index in [-0.39, 0.29) is 0 Å². The highest BCUT2D eigenvalue weighted by atomic mass is 14.9. The van der Waals surface area contributed by atoms with Crippen LogP contribution in [-0.2, 0) is 0 Å². The fourth-order valence-electron chi connectivity index (χ4n) is 0.298. The Kier molecular flexibility index (Phi) is 3.08. The first kappa shape index (κ1) is 7.34. The summed E-state index contributed by atoms with van der Waals surface area (Å²) in [5.74, 6) is 0. The van der Waals surface area contributed by atoms with E-state index in [4.69, 9.17) is 5.73 Å². The molecule has 0 unspecified atom stereocenters. The molecule has 0 rings (SSSR count). The maximum Gasteiger partial charge on any atom is 0.0208 e. The van der Waals surface area contributed by atoms with Crippen molar-refractivity contribution in [2.24, 2.45) is 5.73 Å². The molecule has 3 N–H and O–H groups in total. The average Bonchev–Trinajstić information content (AvgIpc) is 1.61. The first-order chi connectivity index (χ1) is 3.63. The number of hydrogen-bond donors (Lipinski definition) is 2. The summed E-state index contributed by atoms with van der Waals surface area (Å²) >= 11 is 0. The summed E-state index contributed by atoms with van der Waals surface area (Å²) in [7, 11) is 0. The second kappa shape index (κ2) is 3.36. The van der Waals surface area contributed by atoms with Crippen LogP contribution in [0, 0.1) is 0 Å². The van der Waals surface area contributed by atoms with Gasteiger partial charge in [0.15, 0.2) is 0 Å². The van der Waals surface area contributed by atoms with E-state index < -0.39 is 0 Å². The number of nitrogens with two attached hydrogens (primary N) is 1. The van der Waals surface area contributed by atoms with E-state index in [1.807, 2.05) is 13.1 Å². The zero-order valence-corrected chi connectivity index (χ0v) is 5.73. The van der Waals surface area contributed by atoms with Gasteiger partial charge in [-0.25, -0.2) is 0 Å². The Morgan fingerprint density at radius 3 is 2.25 bits per heavy atom. The first-order valence-electron chi connectivity index (χ1n) is 2.81. The fraction of sp³-hybridized carbons (Fsp3) is 0.667. The average molecular weight is 114 g/mol. The molecule has 0 aromatic rings. The van der Waals surface area contributed by atoms with Crippen LogP contribution in [0.4, 0.5) is 0 Å².